The number of hydrogen-bond donors (Lipinski definition) is 2. The highest BCUT2D eigenvalue weighted by molar-refractivity contribution is 5.77. The molecule has 0 bridgehead atoms. The van der Waals surface area contributed by atoms with E-state index in [-0.39, 0.29) is 6.17 Å². The highest BCUT2D eigenvalue weighted by atomic mass is 15.2. The summed E-state index contributed by atoms with van der Waals surface area (Å²) in [6, 6.07) is 0. The molecule has 1 aliphatic rings. The molecule has 5 nitrogen and oxygen atoms in total. The van der Waals surface area contributed by atoms with Gasteiger partial charge in [-0.25, -0.2) is 9.98 Å². The van der Waals surface area contributed by atoms with E-state index in [1.54, 1.807) is 18.7 Å². The van der Waals surface area contributed by atoms with Crippen LogP contribution in [-0.2, 0) is 0 Å². The van der Waals surface area contributed by atoms with Crippen molar-refractivity contribution in [1.82, 2.24) is 15.3 Å². The smallest absolute Gasteiger partial charge is 0.156 e. The van der Waals surface area contributed by atoms with Crippen LogP contribution in [0.5, 0.6) is 0 Å². The molecule has 2 heterocycles. The summed E-state index contributed by atoms with van der Waals surface area (Å²) in [7, 11) is 0. The van der Waals surface area contributed by atoms with Gasteiger partial charge >= 0.3 is 0 Å². The minimum Gasteiger partial charge on any atom is -0.330 e. The van der Waals surface area contributed by atoms with E-state index in [9.17, 15) is 0 Å². The average molecular weight is 177 g/mol. The fourth-order valence-electron chi connectivity index (χ4n) is 1.25. The van der Waals surface area contributed by atoms with Crippen molar-refractivity contribution >= 4 is 12.2 Å². The number of nitrogens with one attached hydrogen (secondary N) is 2. The molecule has 1 aromatic heterocycles. The monoisotopic (exact) mass is 177 g/mol. The maximum Gasteiger partial charge on any atom is 0.156 e. The molecule has 0 aromatic carbocycles. The van der Waals surface area contributed by atoms with Gasteiger partial charge in [0.2, 0.25) is 0 Å². The van der Waals surface area contributed by atoms with Crippen LogP contribution in [-0.4, -0.2) is 22.9 Å². The van der Waals surface area contributed by atoms with Gasteiger partial charge in [0.1, 0.15) is 11.9 Å². The quantitative estimate of drug-likeness (QED) is 0.692. The molecule has 68 valence electrons. The average Bonchev–Trinajstić information content (AvgIpc) is 2.19. The highest BCUT2D eigenvalue weighted by Gasteiger charge is 2.17. The molecule has 0 saturated heterocycles. The molecule has 1 aliphatic heterocycles. The highest BCUT2D eigenvalue weighted by Crippen LogP contribution is 2.20. The molecule has 1 aromatic rings. The van der Waals surface area contributed by atoms with Crippen LogP contribution in [0.25, 0.3) is 0 Å². The van der Waals surface area contributed by atoms with Gasteiger partial charge < -0.3 is 5.32 Å². The van der Waals surface area contributed by atoms with Crippen LogP contribution in [0.2, 0.25) is 0 Å². The molecule has 1 unspecified atom stereocenters. The van der Waals surface area contributed by atoms with Crippen molar-refractivity contribution in [2.45, 2.75) is 13.1 Å². The first-order chi connectivity index (χ1) is 6.42. The largest absolute Gasteiger partial charge is 0.330 e. The molecule has 5 heteroatoms. The number of aliphatic imine (C=N–C) groups is 1. The zero-order valence-electron chi connectivity index (χ0n) is 7.36. The fourth-order valence-corrected chi connectivity index (χ4v) is 1.25. The molecule has 0 saturated carbocycles. The lowest BCUT2D eigenvalue weighted by molar-refractivity contribution is 0.560. The summed E-state index contributed by atoms with van der Waals surface area (Å²) in [5, 5.41) is 6.15. The summed E-state index contributed by atoms with van der Waals surface area (Å²) in [6.07, 6.45) is 4.92. The second-order valence-corrected chi connectivity index (χ2v) is 2.67. The number of nitrogens with zero attached hydrogens (tertiary/aromatic N) is 3. The van der Waals surface area contributed by atoms with Crippen LogP contribution in [0.1, 0.15) is 18.8 Å². The van der Waals surface area contributed by atoms with Crippen molar-refractivity contribution in [2.24, 2.45) is 4.99 Å². The molecular weight excluding hydrogens is 166 g/mol. The van der Waals surface area contributed by atoms with Gasteiger partial charge in [-0.3, -0.25) is 10.3 Å². The van der Waals surface area contributed by atoms with E-state index in [1.165, 1.54) is 0 Å². The normalized spacial score (nSPS) is 19.3. The summed E-state index contributed by atoms with van der Waals surface area (Å²) < 4.78 is 0. The first-order valence-corrected chi connectivity index (χ1v) is 4.24. The third-order valence-corrected chi connectivity index (χ3v) is 1.81. The van der Waals surface area contributed by atoms with Crippen LogP contribution in [0, 0.1) is 0 Å². The Balaban J connectivity index is 2.31. The van der Waals surface area contributed by atoms with Crippen molar-refractivity contribution in [3.63, 3.8) is 0 Å². The van der Waals surface area contributed by atoms with Crippen LogP contribution >= 0.6 is 0 Å². The van der Waals surface area contributed by atoms with Crippen molar-refractivity contribution < 1.29 is 0 Å². The van der Waals surface area contributed by atoms with Crippen molar-refractivity contribution in [1.29, 1.82) is 0 Å². The van der Waals surface area contributed by atoms with E-state index in [0.717, 1.165) is 18.1 Å². The third kappa shape index (κ3) is 1.50. The van der Waals surface area contributed by atoms with Gasteiger partial charge in [-0.1, -0.05) is 6.92 Å². The molecule has 0 aliphatic carbocycles. The minimum absolute atomic E-state index is 0.0602. The number of aromatic nitrogens is 2. The predicted molar refractivity (Wildman–Crippen MR) is 50.6 cm³/mol. The first kappa shape index (κ1) is 8.12. The predicted octanol–water partition coefficient (Wildman–Crippen LogP) is 0.538. The number of rotatable bonds is 2. The first-order valence-electron chi connectivity index (χ1n) is 4.24. The molecule has 0 amide bonds. The lowest BCUT2D eigenvalue weighted by Crippen LogP contribution is -2.25. The van der Waals surface area contributed by atoms with E-state index in [1.807, 2.05) is 6.92 Å². The van der Waals surface area contributed by atoms with Gasteiger partial charge in [0.15, 0.2) is 5.82 Å². The second-order valence-electron chi connectivity index (χ2n) is 2.67. The van der Waals surface area contributed by atoms with Crippen molar-refractivity contribution in [3.05, 3.63) is 18.1 Å². The fraction of sp³-hybridized carbons (Fsp3) is 0.375. The Kier molecular flexibility index (Phi) is 2.18. The van der Waals surface area contributed by atoms with E-state index >= 15 is 0 Å². The SMILES string of the molecule is CCNC1N=CNc2nccnc21. The van der Waals surface area contributed by atoms with Gasteiger partial charge in [-0.15, -0.1) is 0 Å². The summed E-state index contributed by atoms with van der Waals surface area (Å²) in [4.78, 5) is 12.6. The zero-order chi connectivity index (χ0) is 9.10. The maximum absolute atomic E-state index is 4.22. The zero-order valence-corrected chi connectivity index (χ0v) is 7.36. The minimum atomic E-state index is -0.0602. The van der Waals surface area contributed by atoms with Crippen molar-refractivity contribution in [2.75, 3.05) is 11.9 Å². The topological polar surface area (TPSA) is 62.2 Å². The van der Waals surface area contributed by atoms with E-state index in [4.69, 9.17) is 0 Å². The molecular formula is C8H11N5. The Morgan fingerprint density at radius 3 is 3.15 bits per heavy atom. The molecule has 2 rings (SSSR count). The standard InChI is InChI=1S/C8H11N5/c1-2-9-7-6-8(13-5-12-7)11-4-3-10-6/h3-5,7,9H,2H2,1H3,(H,11,12,13). The summed E-state index contributed by atoms with van der Waals surface area (Å²) in [6.45, 7) is 2.89. The Morgan fingerprint density at radius 2 is 2.31 bits per heavy atom. The van der Waals surface area contributed by atoms with Gasteiger partial charge in [0.05, 0.1) is 6.34 Å². The van der Waals surface area contributed by atoms with Crippen LogP contribution < -0.4 is 10.6 Å². The Bertz CT molecular complexity index is 322. The van der Waals surface area contributed by atoms with Crippen LogP contribution in [0.15, 0.2) is 17.4 Å². The van der Waals surface area contributed by atoms with Crippen LogP contribution in [0.3, 0.4) is 0 Å². The van der Waals surface area contributed by atoms with E-state index < -0.39 is 0 Å². The molecule has 13 heavy (non-hydrogen) atoms. The van der Waals surface area contributed by atoms with Gasteiger partial charge in [-0.2, -0.15) is 0 Å². The number of anilines is 1. The summed E-state index contributed by atoms with van der Waals surface area (Å²) >= 11 is 0. The molecule has 1 atom stereocenters. The Morgan fingerprint density at radius 1 is 1.46 bits per heavy atom. The summed E-state index contributed by atoms with van der Waals surface area (Å²) in [5.74, 6) is 0.781. The van der Waals surface area contributed by atoms with Gasteiger partial charge in [0, 0.05) is 12.4 Å². The van der Waals surface area contributed by atoms with Gasteiger partial charge in [-0.05, 0) is 6.54 Å². The maximum atomic E-state index is 4.22. The third-order valence-electron chi connectivity index (χ3n) is 1.81. The lowest BCUT2D eigenvalue weighted by atomic mass is 10.3. The van der Waals surface area contributed by atoms with E-state index in [2.05, 4.69) is 25.6 Å². The Labute approximate surface area is 76.3 Å². The second kappa shape index (κ2) is 3.49. The number of fused-ring (bicyclic) bond motifs is 1. The molecule has 0 fully saturated rings. The number of hydrogen-bond acceptors (Lipinski definition) is 5. The molecule has 0 spiro atoms. The lowest BCUT2D eigenvalue weighted by Gasteiger charge is -2.18. The van der Waals surface area contributed by atoms with Gasteiger partial charge in [0.25, 0.3) is 0 Å². The van der Waals surface area contributed by atoms with Crippen LogP contribution in [0.4, 0.5) is 5.82 Å². The molecule has 0 radical (unpaired) electrons. The molecule has 2 N–H and O–H groups in total. The Hall–Kier alpha value is -1.49. The van der Waals surface area contributed by atoms with Crippen molar-refractivity contribution in [3.8, 4) is 0 Å². The summed E-state index contributed by atoms with van der Waals surface area (Å²) in [5.41, 5.74) is 0.854. The van der Waals surface area contributed by atoms with E-state index in [0.29, 0.717) is 0 Å².